The van der Waals surface area contributed by atoms with E-state index >= 15 is 0 Å². The van der Waals surface area contributed by atoms with Crippen molar-refractivity contribution in [3.8, 4) is 0 Å². The average molecular weight is 270 g/mol. The first-order chi connectivity index (χ1) is 8.99. The van der Waals surface area contributed by atoms with Crippen molar-refractivity contribution in [2.75, 3.05) is 19.6 Å². The zero-order chi connectivity index (χ0) is 14.3. The van der Waals surface area contributed by atoms with Gasteiger partial charge in [0.05, 0.1) is 0 Å². The SMILES string of the molecule is CC(C)C[C@@H](CNC(=O)C1CCNCC1)CC(=O)O. The van der Waals surface area contributed by atoms with Crippen LogP contribution in [0.4, 0.5) is 0 Å². The molecule has 0 radical (unpaired) electrons. The summed E-state index contributed by atoms with van der Waals surface area (Å²) in [6.45, 7) is 6.41. The number of carboxylic acid groups (broad SMARTS) is 1. The highest BCUT2D eigenvalue weighted by Gasteiger charge is 2.22. The van der Waals surface area contributed by atoms with Crippen LogP contribution in [0.5, 0.6) is 0 Å². The molecule has 19 heavy (non-hydrogen) atoms. The topological polar surface area (TPSA) is 78.4 Å². The number of carboxylic acids is 1. The third-order valence-electron chi connectivity index (χ3n) is 3.54. The zero-order valence-corrected chi connectivity index (χ0v) is 11.9. The molecule has 3 N–H and O–H groups in total. The summed E-state index contributed by atoms with van der Waals surface area (Å²) in [7, 11) is 0. The predicted octanol–water partition coefficient (Wildman–Crippen LogP) is 1.24. The second-order valence-electron chi connectivity index (χ2n) is 5.86. The Morgan fingerprint density at radius 3 is 2.47 bits per heavy atom. The summed E-state index contributed by atoms with van der Waals surface area (Å²) in [5, 5.41) is 15.1. The predicted molar refractivity (Wildman–Crippen MR) is 73.8 cm³/mol. The Morgan fingerprint density at radius 2 is 1.95 bits per heavy atom. The van der Waals surface area contributed by atoms with E-state index in [-0.39, 0.29) is 24.2 Å². The molecule has 1 rings (SSSR count). The highest BCUT2D eigenvalue weighted by molar-refractivity contribution is 5.78. The molecule has 0 spiro atoms. The minimum atomic E-state index is -0.790. The van der Waals surface area contributed by atoms with Gasteiger partial charge >= 0.3 is 5.97 Å². The van der Waals surface area contributed by atoms with Gasteiger partial charge in [-0.1, -0.05) is 13.8 Å². The molecule has 1 aliphatic heterocycles. The molecule has 0 aromatic heterocycles. The van der Waals surface area contributed by atoms with Gasteiger partial charge in [0.15, 0.2) is 0 Å². The Bertz CT molecular complexity index is 299. The Hall–Kier alpha value is -1.10. The van der Waals surface area contributed by atoms with Crippen molar-refractivity contribution < 1.29 is 14.7 Å². The minimum absolute atomic E-state index is 0.0307. The molecule has 5 nitrogen and oxygen atoms in total. The van der Waals surface area contributed by atoms with Crippen LogP contribution >= 0.6 is 0 Å². The van der Waals surface area contributed by atoms with E-state index in [1.54, 1.807) is 0 Å². The Kier molecular flexibility index (Phi) is 6.84. The first kappa shape index (κ1) is 16.0. The molecule has 1 aliphatic rings. The highest BCUT2D eigenvalue weighted by Crippen LogP contribution is 2.16. The fourth-order valence-electron chi connectivity index (χ4n) is 2.63. The summed E-state index contributed by atoms with van der Waals surface area (Å²) in [6.07, 6.45) is 2.71. The summed E-state index contributed by atoms with van der Waals surface area (Å²) in [4.78, 5) is 22.8. The van der Waals surface area contributed by atoms with Crippen LogP contribution in [0.15, 0.2) is 0 Å². The normalized spacial score (nSPS) is 18.3. The zero-order valence-electron chi connectivity index (χ0n) is 11.9. The standard InChI is InChI=1S/C14H26N2O3/c1-10(2)7-11(8-13(17)18)9-16-14(19)12-3-5-15-6-4-12/h10-12,15H,3-9H2,1-2H3,(H,16,19)(H,17,18)/t11-/m1/s1. The van der Waals surface area contributed by atoms with Gasteiger partial charge in [0, 0.05) is 18.9 Å². The van der Waals surface area contributed by atoms with Crippen molar-refractivity contribution in [2.24, 2.45) is 17.8 Å². The maximum absolute atomic E-state index is 12.0. The van der Waals surface area contributed by atoms with E-state index in [4.69, 9.17) is 5.11 Å². The van der Waals surface area contributed by atoms with E-state index in [0.29, 0.717) is 12.5 Å². The smallest absolute Gasteiger partial charge is 0.303 e. The summed E-state index contributed by atoms with van der Waals surface area (Å²) in [5.41, 5.74) is 0. The Morgan fingerprint density at radius 1 is 1.32 bits per heavy atom. The van der Waals surface area contributed by atoms with Crippen LogP contribution in [-0.2, 0) is 9.59 Å². The van der Waals surface area contributed by atoms with Crippen LogP contribution < -0.4 is 10.6 Å². The first-order valence-electron chi connectivity index (χ1n) is 7.19. The van der Waals surface area contributed by atoms with E-state index in [1.807, 2.05) is 0 Å². The summed E-state index contributed by atoms with van der Waals surface area (Å²) in [5.74, 6) is -0.142. The van der Waals surface area contributed by atoms with Crippen molar-refractivity contribution in [3.63, 3.8) is 0 Å². The van der Waals surface area contributed by atoms with E-state index < -0.39 is 5.97 Å². The average Bonchev–Trinajstić information content (AvgIpc) is 2.35. The maximum Gasteiger partial charge on any atom is 0.303 e. The van der Waals surface area contributed by atoms with Gasteiger partial charge < -0.3 is 15.7 Å². The maximum atomic E-state index is 12.0. The molecule has 0 saturated carbocycles. The number of amides is 1. The van der Waals surface area contributed by atoms with Gasteiger partial charge in [0.1, 0.15) is 0 Å². The van der Waals surface area contributed by atoms with Gasteiger partial charge in [-0.15, -0.1) is 0 Å². The molecule has 0 bridgehead atoms. The van der Waals surface area contributed by atoms with Crippen LogP contribution in [0.3, 0.4) is 0 Å². The number of rotatable bonds is 7. The molecule has 0 aromatic carbocycles. The fourth-order valence-corrected chi connectivity index (χ4v) is 2.63. The number of hydrogen-bond acceptors (Lipinski definition) is 3. The molecule has 1 amide bonds. The third kappa shape index (κ3) is 6.57. The molecule has 5 heteroatoms. The second kappa shape index (κ2) is 8.15. The van der Waals surface area contributed by atoms with Crippen LogP contribution in [0, 0.1) is 17.8 Å². The lowest BCUT2D eigenvalue weighted by molar-refractivity contribution is -0.138. The molecule has 110 valence electrons. The van der Waals surface area contributed by atoms with Gasteiger partial charge in [-0.05, 0) is 44.2 Å². The molecule has 0 unspecified atom stereocenters. The van der Waals surface area contributed by atoms with Crippen LogP contribution in [0.1, 0.15) is 39.5 Å². The number of piperidine rings is 1. The lowest BCUT2D eigenvalue weighted by Gasteiger charge is -2.23. The molecule has 1 atom stereocenters. The van der Waals surface area contributed by atoms with Crippen molar-refractivity contribution in [3.05, 3.63) is 0 Å². The van der Waals surface area contributed by atoms with Gasteiger partial charge in [0.25, 0.3) is 0 Å². The lowest BCUT2D eigenvalue weighted by Crippen LogP contribution is -2.40. The fraction of sp³-hybridized carbons (Fsp3) is 0.857. The van der Waals surface area contributed by atoms with Gasteiger partial charge in [-0.3, -0.25) is 9.59 Å². The van der Waals surface area contributed by atoms with Crippen molar-refractivity contribution in [1.29, 1.82) is 0 Å². The van der Waals surface area contributed by atoms with Crippen LogP contribution in [0.25, 0.3) is 0 Å². The molecule has 0 aliphatic carbocycles. The van der Waals surface area contributed by atoms with Gasteiger partial charge in [0.2, 0.25) is 5.91 Å². The largest absolute Gasteiger partial charge is 0.481 e. The van der Waals surface area contributed by atoms with Crippen LogP contribution in [0.2, 0.25) is 0 Å². The summed E-state index contributed by atoms with van der Waals surface area (Å²) < 4.78 is 0. The number of nitrogens with one attached hydrogen (secondary N) is 2. The number of hydrogen-bond donors (Lipinski definition) is 3. The molecular formula is C14H26N2O3. The van der Waals surface area contributed by atoms with E-state index in [2.05, 4.69) is 24.5 Å². The van der Waals surface area contributed by atoms with E-state index in [1.165, 1.54) is 0 Å². The molecule has 1 saturated heterocycles. The molecule has 1 heterocycles. The van der Waals surface area contributed by atoms with Gasteiger partial charge in [-0.25, -0.2) is 0 Å². The molecule has 0 aromatic rings. The summed E-state index contributed by atoms with van der Waals surface area (Å²) in [6, 6.07) is 0. The first-order valence-corrected chi connectivity index (χ1v) is 7.19. The van der Waals surface area contributed by atoms with Crippen molar-refractivity contribution in [2.45, 2.75) is 39.5 Å². The minimum Gasteiger partial charge on any atom is -0.481 e. The van der Waals surface area contributed by atoms with Crippen LogP contribution in [-0.4, -0.2) is 36.6 Å². The Balaban J connectivity index is 2.36. The van der Waals surface area contributed by atoms with Crippen molar-refractivity contribution >= 4 is 11.9 Å². The van der Waals surface area contributed by atoms with E-state index in [0.717, 1.165) is 32.4 Å². The number of carbonyl (C=O) groups is 2. The highest BCUT2D eigenvalue weighted by atomic mass is 16.4. The Labute approximate surface area is 115 Å². The third-order valence-corrected chi connectivity index (χ3v) is 3.54. The summed E-state index contributed by atoms with van der Waals surface area (Å²) >= 11 is 0. The number of aliphatic carboxylic acids is 1. The quantitative estimate of drug-likeness (QED) is 0.650. The molecular weight excluding hydrogens is 244 g/mol. The molecule has 1 fully saturated rings. The van der Waals surface area contributed by atoms with Crippen molar-refractivity contribution in [1.82, 2.24) is 10.6 Å². The number of carbonyl (C=O) groups excluding carboxylic acids is 1. The lowest BCUT2D eigenvalue weighted by atomic mass is 9.93. The monoisotopic (exact) mass is 270 g/mol. The van der Waals surface area contributed by atoms with Gasteiger partial charge in [-0.2, -0.15) is 0 Å². The van der Waals surface area contributed by atoms with E-state index in [9.17, 15) is 9.59 Å². The second-order valence-corrected chi connectivity index (χ2v) is 5.86.